The maximum Gasteiger partial charge on any atom is 0.341 e. The molecule has 3 aromatic rings. The van der Waals surface area contributed by atoms with Crippen molar-refractivity contribution in [2.45, 2.75) is 23.1 Å². The number of thioether (sulfide) groups is 1. The molecule has 1 aromatic heterocycles. The summed E-state index contributed by atoms with van der Waals surface area (Å²) in [5, 5.41) is 12.0. The molecule has 0 fully saturated rings. The minimum atomic E-state index is -3.34. The molecule has 0 bridgehead atoms. The van der Waals surface area contributed by atoms with Crippen molar-refractivity contribution in [3.63, 3.8) is 0 Å². The summed E-state index contributed by atoms with van der Waals surface area (Å²) in [5.41, 5.74) is 1.66. The topological polar surface area (TPSA) is 119 Å². The third-order valence-electron chi connectivity index (χ3n) is 4.74. The van der Waals surface area contributed by atoms with Crippen molar-refractivity contribution in [2.75, 3.05) is 31.2 Å². The minimum absolute atomic E-state index is 0.0752. The molecule has 0 unspecified atom stereocenters. The Morgan fingerprint density at radius 3 is 2.64 bits per heavy atom. The molecule has 0 atom stereocenters. The molecule has 0 saturated carbocycles. The summed E-state index contributed by atoms with van der Waals surface area (Å²) in [5.74, 6) is 1.05. The second-order valence-corrected chi connectivity index (χ2v) is 10.5. The number of nitrogens with one attached hydrogen (secondary N) is 1. The minimum Gasteiger partial charge on any atom is -0.482 e. The number of hydrogen-bond donors (Lipinski definition) is 2. The van der Waals surface area contributed by atoms with Crippen molar-refractivity contribution in [1.29, 1.82) is 0 Å². The van der Waals surface area contributed by atoms with E-state index in [9.17, 15) is 13.2 Å². The molecule has 0 amide bonds. The molecular formula is C23H26N2O6S2. The number of carboxylic acids is 1. The van der Waals surface area contributed by atoms with Crippen molar-refractivity contribution < 1.29 is 27.5 Å². The second-order valence-electron chi connectivity index (χ2n) is 7.27. The zero-order valence-corrected chi connectivity index (χ0v) is 19.8. The summed E-state index contributed by atoms with van der Waals surface area (Å²) in [6.45, 7) is 2.87. The van der Waals surface area contributed by atoms with E-state index < -0.39 is 15.8 Å². The van der Waals surface area contributed by atoms with E-state index in [2.05, 4.69) is 10.3 Å². The lowest BCUT2D eigenvalue weighted by molar-refractivity contribution is -0.139. The third-order valence-corrected chi connectivity index (χ3v) is 7.55. The Morgan fingerprint density at radius 2 is 1.97 bits per heavy atom. The lowest BCUT2D eigenvalue weighted by atomic mass is 10.2. The highest BCUT2D eigenvalue weighted by Crippen LogP contribution is 2.25. The first-order chi connectivity index (χ1) is 15.8. The lowest BCUT2D eigenvalue weighted by Gasteiger charge is -2.09. The molecule has 33 heavy (non-hydrogen) atoms. The first kappa shape index (κ1) is 24.8. The van der Waals surface area contributed by atoms with Gasteiger partial charge in [-0.2, -0.15) is 0 Å². The Morgan fingerprint density at radius 1 is 1.18 bits per heavy atom. The largest absolute Gasteiger partial charge is 0.482 e. The van der Waals surface area contributed by atoms with Crippen LogP contribution in [0.4, 0.5) is 0 Å². The van der Waals surface area contributed by atoms with Crippen molar-refractivity contribution >= 4 is 27.6 Å². The highest BCUT2D eigenvalue weighted by Gasteiger charge is 2.14. The summed E-state index contributed by atoms with van der Waals surface area (Å²) >= 11 is 1.66. The zero-order valence-electron chi connectivity index (χ0n) is 18.2. The molecule has 2 aromatic carbocycles. The first-order valence-corrected chi connectivity index (χ1v) is 13.0. The van der Waals surface area contributed by atoms with Crippen LogP contribution < -0.4 is 10.1 Å². The molecule has 0 saturated heterocycles. The smallest absolute Gasteiger partial charge is 0.341 e. The van der Waals surface area contributed by atoms with Crippen LogP contribution in [-0.4, -0.2) is 55.7 Å². The molecule has 1 heterocycles. The number of aliphatic carboxylic acids is 1. The van der Waals surface area contributed by atoms with Gasteiger partial charge in [-0.25, -0.2) is 18.2 Å². The number of hydrogen-bond acceptors (Lipinski definition) is 8. The number of aromatic nitrogens is 1. The van der Waals surface area contributed by atoms with Gasteiger partial charge in [0.25, 0.3) is 0 Å². The number of nitrogens with zero attached hydrogens (tertiary/aromatic N) is 1. The van der Waals surface area contributed by atoms with Gasteiger partial charge in [0.05, 0.1) is 16.8 Å². The van der Waals surface area contributed by atoms with Crippen molar-refractivity contribution in [3.05, 3.63) is 60.6 Å². The molecule has 0 aliphatic heterocycles. The highest BCUT2D eigenvalue weighted by molar-refractivity contribution is 7.99. The molecular weight excluding hydrogens is 464 g/mol. The zero-order chi connectivity index (χ0) is 23.7. The number of carbonyl (C=O) groups is 1. The maximum absolute atomic E-state index is 12.5. The Hall–Kier alpha value is -2.82. The van der Waals surface area contributed by atoms with E-state index in [0.29, 0.717) is 29.4 Å². The van der Waals surface area contributed by atoms with Crippen LogP contribution in [0.3, 0.4) is 0 Å². The monoisotopic (exact) mass is 490 g/mol. The van der Waals surface area contributed by atoms with Crippen LogP contribution in [0.5, 0.6) is 5.75 Å². The first-order valence-electron chi connectivity index (χ1n) is 10.4. The van der Waals surface area contributed by atoms with Crippen molar-refractivity contribution in [1.82, 2.24) is 10.3 Å². The van der Waals surface area contributed by atoms with Crippen LogP contribution in [0.25, 0.3) is 11.3 Å². The second kappa shape index (κ2) is 11.9. The third kappa shape index (κ3) is 7.62. The number of rotatable bonds is 13. The van der Waals surface area contributed by atoms with E-state index in [4.69, 9.17) is 14.3 Å². The van der Waals surface area contributed by atoms with Crippen LogP contribution in [0, 0.1) is 6.92 Å². The Labute approximate surface area is 197 Å². The molecule has 10 heteroatoms. The molecule has 2 N–H and O–H groups in total. The highest BCUT2D eigenvalue weighted by atomic mass is 32.2. The van der Waals surface area contributed by atoms with E-state index in [1.165, 1.54) is 6.39 Å². The van der Waals surface area contributed by atoms with Crippen LogP contribution in [0.1, 0.15) is 12.0 Å². The molecule has 0 aliphatic rings. The van der Waals surface area contributed by atoms with Gasteiger partial charge in [-0.15, -0.1) is 11.8 Å². The van der Waals surface area contributed by atoms with Gasteiger partial charge in [0.1, 0.15) is 5.75 Å². The fraction of sp³-hybridized carbons (Fsp3) is 0.304. The average Bonchev–Trinajstić information content (AvgIpc) is 3.33. The molecule has 8 nitrogen and oxygen atoms in total. The molecule has 0 radical (unpaired) electrons. The molecule has 0 spiro atoms. The number of benzene rings is 2. The molecule has 3 rings (SSSR count). The van der Waals surface area contributed by atoms with Crippen molar-refractivity contribution in [3.8, 4) is 17.1 Å². The maximum atomic E-state index is 12.5. The van der Waals surface area contributed by atoms with Gasteiger partial charge in [0.2, 0.25) is 0 Å². The summed E-state index contributed by atoms with van der Waals surface area (Å²) in [6.07, 6.45) is 3.44. The van der Waals surface area contributed by atoms with Gasteiger partial charge >= 0.3 is 5.97 Å². The summed E-state index contributed by atoms with van der Waals surface area (Å²) in [6, 6.07) is 12.3. The number of ether oxygens (including phenoxy) is 1. The Kier molecular flexibility index (Phi) is 8.93. The standard InChI is InChI=1S/C23H26N2O6S2/c1-17-13-19(5-8-21(17)30-15-23(26)27)32-11-10-24-9-2-12-33(28,29)20-6-3-18(4-7-20)22-14-25-16-31-22/h3-8,13-14,16,24H,2,9-12,15H2,1H3,(H,26,27). The van der Waals surface area contributed by atoms with Gasteiger partial charge in [-0.3, -0.25) is 0 Å². The lowest BCUT2D eigenvalue weighted by Crippen LogP contribution is -2.21. The van der Waals surface area contributed by atoms with Crippen LogP contribution >= 0.6 is 11.8 Å². The summed E-state index contributed by atoms with van der Waals surface area (Å²) in [7, 11) is -3.34. The van der Waals surface area contributed by atoms with E-state index in [1.54, 1.807) is 48.3 Å². The fourth-order valence-corrected chi connectivity index (χ4v) is 5.29. The number of aryl methyl sites for hydroxylation is 1. The van der Waals surface area contributed by atoms with Crippen LogP contribution in [-0.2, 0) is 14.6 Å². The van der Waals surface area contributed by atoms with Gasteiger partial charge < -0.3 is 19.6 Å². The number of sulfone groups is 1. The summed E-state index contributed by atoms with van der Waals surface area (Å²) in [4.78, 5) is 15.8. The van der Waals surface area contributed by atoms with E-state index in [-0.39, 0.29) is 12.4 Å². The van der Waals surface area contributed by atoms with Gasteiger partial charge in [-0.05, 0) is 67.9 Å². The Bertz CT molecular complexity index is 1150. The molecule has 176 valence electrons. The van der Waals surface area contributed by atoms with Crippen LogP contribution in [0.2, 0.25) is 0 Å². The van der Waals surface area contributed by atoms with E-state index in [1.807, 2.05) is 19.1 Å². The van der Waals surface area contributed by atoms with Crippen molar-refractivity contribution in [2.24, 2.45) is 0 Å². The fourth-order valence-electron chi connectivity index (χ4n) is 3.07. The van der Waals surface area contributed by atoms with Gasteiger partial charge in [0, 0.05) is 22.8 Å². The predicted octanol–water partition coefficient (Wildman–Crippen LogP) is 3.66. The normalized spacial score (nSPS) is 11.4. The van der Waals surface area contributed by atoms with Gasteiger partial charge in [0.15, 0.2) is 28.6 Å². The quantitative estimate of drug-likeness (QED) is 0.273. The van der Waals surface area contributed by atoms with Gasteiger partial charge in [-0.1, -0.05) is 0 Å². The Balaban J connectivity index is 1.35. The SMILES string of the molecule is Cc1cc(SCCNCCCS(=O)(=O)c2ccc(-c3cnco3)cc2)ccc1OCC(=O)O. The van der Waals surface area contributed by atoms with E-state index >= 15 is 0 Å². The predicted molar refractivity (Wildman–Crippen MR) is 127 cm³/mol. The molecule has 0 aliphatic carbocycles. The average molecular weight is 491 g/mol. The van der Waals surface area contributed by atoms with Crippen LogP contribution in [0.15, 0.2) is 69.3 Å². The van der Waals surface area contributed by atoms with E-state index in [0.717, 1.165) is 28.3 Å². The summed E-state index contributed by atoms with van der Waals surface area (Å²) < 4.78 is 35.5. The number of oxazole rings is 1. The number of carboxylic acid groups (broad SMARTS) is 1.